The van der Waals surface area contributed by atoms with Crippen LogP contribution in [0.15, 0.2) is 64.5 Å². The van der Waals surface area contributed by atoms with Crippen LogP contribution in [0.25, 0.3) is 11.3 Å². The van der Waals surface area contributed by atoms with E-state index in [4.69, 9.17) is 4.74 Å². The molecule has 8 nitrogen and oxygen atoms in total. The van der Waals surface area contributed by atoms with E-state index in [1.54, 1.807) is 48.5 Å². The number of esters is 1. The highest BCUT2D eigenvalue weighted by molar-refractivity contribution is 5.80. The molecule has 0 aliphatic heterocycles. The van der Waals surface area contributed by atoms with Gasteiger partial charge in [0.25, 0.3) is 5.56 Å². The molecule has 0 atom stereocenters. The molecule has 30 heavy (non-hydrogen) atoms. The number of rotatable bonds is 7. The minimum atomic E-state index is -0.553. The second-order valence-electron chi connectivity index (χ2n) is 6.28. The fourth-order valence-corrected chi connectivity index (χ4v) is 2.61. The van der Waals surface area contributed by atoms with Gasteiger partial charge in [-0.1, -0.05) is 37.3 Å². The quantitative estimate of drug-likeness (QED) is 0.271. The summed E-state index contributed by atoms with van der Waals surface area (Å²) in [5, 5.41) is 13.4. The van der Waals surface area contributed by atoms with Gasteiger partial charge in [0.15, 0.2) is 0 Å². The normalized spacial score (nSPS) is 10.5. The summed E-state index contributed by atoms with van der Waals surface area (Å²) in [6.07, 6.45) is 2.62. The number of hydrazone groups is 1. The second kappa shape index (κ2) is 9.80. The van der Waals surface area contributed by atoms with Crippen molar-refractivity contribution in [2.45, 2.75) is 19.8 Å². The van der Waals surface area contributed by atoms with Gasteiger partial charge in [-0.2, -0.15) is 10.4 Å². The summed E-state index contributed by atoms with van der Waals surface area (Å²) >= 11 is 0. The molecule has 0 bridgehead atoms. The highest BCUT2D eigenvalue weighted by atomic mass is 16.5. The Balaban J connectivity index is 1.74. The molecule has 2 N–H and O–H groups in total. The molecule has 1 aromatic heterocycles. The number of carbonyl (C=O) groups is 1. The first kappa shape index (κ1) is 20.5. The fourth-order valence-electron chi connectivity index (χ4n) is 2.61. The van der Waals surface area contributed by atoms with E-state index in [1.165, 1.54) is 6.21 Å². The zero-order valence-electron chi connectivity index (χ0n) is 16.3. The highest BCUT2D eigenvalue weighted by Crippen LogP contribution is 2.19. The predicted molar refractivity (Wildman–Crippen MR) is 113 cm³/mol. The number of hydrogen-bond acceptors (Lipinski definition) is 7. The van der Waals surface area contributed by atoms with Gasteiger partial charge >= 0.3 is 5.97 Å². The number of carbonyl (C=O) groups excluding carboxylic acids is 1. The van der Waals surface area contributed by atoms with Crippen molar-refractivity contribution in [3.63, 3.8) is 0 Å². The van der Waals surface area contributed by atoms with Crippen molar-refractivity contribution < 1.29 is 9.53 Å². The van der Waals surface area contributed by atoms with Gasteiger partial charge in [-0.3, -0.25) is 14.6 Å². The lowest BCUT2D eigenvalue weighted by Gasteiger charge is -2.06. The van der Waals surface area contributed by atoms with Gasteiger partial charge in [0, 0.05) is 12.0 Å². The van der Waals surface area contributed by atoms with Gasteiger partial charge in [-0.25, -0.2) is 10.4 Å². The molecule has 3 rings (SSSR count). The summed E-state index contributed by atoms with van der Waals surface area (Å²) in [5.41, 5.74) is 3.72. The van der Waals surface area contributed by atoms with Crippen molar-refractivity contribution >= 4 is 18.1 Å². The third-order valence-corrected chi connectivity index (χ3v) is 4.03. The van der Waals surface area contributed by atoms with Crippen LogP contribution in [0.2, 0.25) is 0 Å². The molecular weight excluding hydrogens is 382 g/mol. The lowest BCUT2D eigenvalue weighted by molar-refractivity contribution is -0.134. The van der Waals surface area contributed by atoms with Gasteiger partial charge in [-0.15, -0.1) is 0 Å². The van der Waals surface area contributed by atoms with Crippen LogP contribution in [0.3, 0.4) is 0 Å². The Bertz CT molecular complexity index is 1150. The lowest BCUT2D eigenvalue weighted by atomic mass is 10.1. The molecule has 2 aromatic carbocycles. The smallest absolute Gasteiger partial charge is 0.311 e. The third-order valence-electron chi connectivity index (χ3n) is 4.03. The summed E-state index contributed by atoms with van der Waals surface area (Å²) < 4.78 is 5.20. The van der Waals surface area contributed by atoms with E-state index in [2.05, 4.69) is 20.5 Å². The summed E-state index contributed by atoms with van der Waals surface area (Å²) in [6, 6.07) is 17.7. The number of aromatic amines is 1. The Kier molecular flexibility index (Phi) is 6.69. The minimum absolute atomic E-state index is 0.0658. The minimum Gasteiger partial charge on any atom is -0.427 e. The standard InChI is InChI=1S/C22H19N5O3/c1-2-6-19(28)30-17-11-9-15(10-12-17)14-24-27-22-25-20(16-7-4-3-5-8-16)18(13-23)21(29)26-22/h3-5,7-12,14H,2,6H2,1H3,(H2,25,26,27,29). The molecule has 1 heterocycles. The Labute approximate surface area is 172 Å². The molecule has 0 radical (unpaired) electrons. The number of nitriles is 1. The Morgan fingerprint density at radius 1 is 1.23 bits per heavy atom. The first-order valence-electron chi connectivity index (χ1n) is 9.30. The lowest BCUT2D eigenvalue weighted by Crippen LogP contribution is -2.16. The number of aromatic nitrogens is 2. The molecule has 0 aliphatic carbocycles. The number of anilines is 1. The average Bonchev–Trinajstić information content (AvgIpc) is 2.75. The monoisotopic (exact) mass is 401 g/mol. The molecular formula is C22H19N5O3. The molecule has 0 saturated carbocycles. The Hall–Kier alpha value is -4.25. The maximum Gasteiger partial charge on any atom is 0.311 e. The van der Waals surface area contributed by atoms with Crippen LogP contribution in [-0.2, 0) is 4.79 Å². The number of nitrogens with one attached hydrogen (secondary N) is 2. The van der Waals surface area contributed by atoms with Gasteiger partial charge < -0.3 is 4.74 Å². The summed E-state index contributed by atoms with van der Waals surface area (Å²) in [4.78, 5) is 30.5. The molecule has 150 valence electrons. The zero-order valence-corrected chi connectivity index (χ0v) is 16.3. The van der Waals surface area contributed by atoms with Crippen LogP contribution < -0.4 is 15.7 Å². The molecule has 0 amide bonds. The van der Waals surface area contributed by atoms with Gasteiger partial charge in [0.2, 0.25) is 5.95 Å². The largest absolute Gasteiger partial charge is 0.427 e. The number of hydrogen-bond donors (Lipinski definition) is 2. The van der Waals surface area contributed by atoms with Crippen LogP contribution in [0.5, 0.6) is 5.75 Å². The number of benzene rings is 2. The third kappa shape index (κ3) is 5.17. The number of H-pyrrole nitrogens is 1. The second-order valence-corrected chi connectivity index (χ2v) is 6.28. The Morgan fingerprint density at radius 3 is 2.63 bits per heavy atom. The fraction of sp³-hybridized carbons (Fsp3) is 0.136. The molecule has 0 spiro atoms. The summed E-state index contributed by atoms with van der Waals surface area (Å²) in [6.45, 7) is 1.91. The zero-order chi connectivity index (χ0) is 21.3. The van der Waals surface area contributed by atoms with Crippen molar-refractivity contribution in [3.05, 3.63) is 76.1 Å². The SMILES string of the molecule is CCCC(=O)Oc1ccc(C=NNc2nc(-c3ccccc3)c(C#N)c(=O)[nH]2)cc1. The van der Waals surface area contributed by atoms with Gasteiger partial charge in [0.1, 0.15) is 17.4 Å². The number of nitrogens with zero attached hydrogens (tertiary/aromatic N) is 3. The van der Waals surface area contributed by atoms with Crippen LogP contribution in [0.4, 0.5) is 5.95 Å². The van der Waals surface area contributed by atoms with Crippen molar-refractivity contribution in [2.24, 2.45) is 5.10 Å². The van der Waals surface area contributed by atoms with E-state index in [-0.39, 0.29) is 23.2 Å². The van der Waals surface area contributed by atoms with Gasteiger partial charge in [0.05, 0.1) is 11.9 Å². The van der Waals surface area contributed by atoms with Crippen LogP contribution in [-0.4, -0.2) is 22.2 Å². The summed E-state index contributed by atoms with van der Waals surface area (Å²) in [7, 11) is 0. The maximum absolute atomic E-state index is 12.2. The average molecular weight is 401 g/mol. The topological polar surface area (TPSA) is 120 Å². The van der Waals surface area contributed by atoms with E-state index in [0.717, 1.165) is 12.0 Å². The first-order valence-corrected chi connectivity index (χ1v) is 9.30. The van der Waals surface area contributed by atoms with Crippen molar-refractivity contribution in [3.8, 4) is 23.1 Å². The van der Waals surface area contributed by atoms with Crippen molar-refractivity contribution in [1.29, 1.82) is 5.26 Å². The van der Waals surface area contributed by atoms with E-state index < -0.39 is 5.56 Å². The molecule has 0 aliphatic rings. The molecule has 8 heteroatoms. The van der Waals surface area contributed by atoms with Gasteiger partial charge in [-0.05, 0) is 36.2 Å². The molecule has 0 saturated heterocycles. The Morgan fingerprint density at radius 2 is 1.97 bits per heavy atom. The van der Waals surface area contributed by atoms with E-state index in [1.807, 2.05) is 19.1 Å². The van der Waals surface area contributed by atoms with E-state index in [0.29, 0.717) is 17.7 Å². The van der Waals surface area contributed by atoms with Crippen LogP contribution in [0.1, 0.15) is 30.9 Å². The van der Waals surface area contributed by atoms with Crippen molar-refractivity contribution in [1.82, 2.24) is 9.97 Å². The van der Waals surface area contributed by atoms with Crippen LogP contribution >= 0.6 is 0 Å². The van der Waals surface area contributed by atoms with E-state index in [9.17, 15) is 14.9 Å². The molecule has 0 fully saturated rings. The molecule has 0 unspecified atom stereocenters. The maximum atomic E-state index is 12.2. The predicted octanol–water partition coefficient (Wildman–Crippen LogP) is 3.46. The number of ether oxygens (including phenoxy) is 1. The summed E-state index contributed by atoms with van der Waals surface area (Å²) in [5.74, 6) is 0.300. The molecule has 3 aromatic rings. The van der Waals surface area contributed by atoms with Crippen LogP contribution in [0, 0.1) is 11.3 Å². The van der Waals surface area contributed by atoms with Crippen molar-refractivity contribution in [2.75, 3.05) is 5.43 Å². The first-order chi connectivity index (χ1) is 14.6. The van der Waals surface area contributed by atoms with E-state index >= 15 is 0 Å². The highest BCUT2D eigenvalue weighted by Gasteiger charge is 2.12.